The normalized spacial score (nSPS) is 0. The summed E-state index contributed by atoms with van der Waals surface area (Å²) in [6, 6.07) is 0. The van der Waals surface area contributed by atoms with Crippen LogP contribution in [0.5, 0.6) is 0 Å². The molecule has 0 saturated heterocycles. The summed E-state index contributed by atoms with van der Waals surface area (Å²) < 4.78 is 0. The maximum Gasteiger partial charge on any atom is 2.00 e. The Morgan fingerprint density at radius 2 is 0.667 bits per heavy atom. The second-order valence-electron chi connectivity index (χ2n) is 0. The van der Waals surface area contributed by atoms with Gasteiger partial charge in [-0.3, -0.25) is 0 Å². The van der Waals surface area contributed by atoms with Crippen molar-refractivity contribution in [1.82, 2.24) is 0 Å². The first-order valence-electron chi connectivity index (χ1n) is 0. The van der Waals surface area contributed by atoms with Crippen LogP contribution in [0.3, 0.4) is 0 Å². The molecule has 0 aromatic heterocycles. The van der Waals surface area contributed by atoms with Crippen molar-refractivity contribution in [3.63, 3.8) is 0 Å². The van der Waals surface area contributed by atoms with E-state index in [1.54, 1.807) is 0 Å². The number of hydrogen-bond acceptors (Lipinski definition) is 0. The van der Waals surface area contributed by atoms with Gasteiger partial charge in [0.15, 0.2) is 0 Å². The Morgan fingerprint density at radius 3 is 0.667 bits per heavy atom. The summed E-state index contributed by atoms with van der Waals surface area (Å²) in [4.78, 5) is 0. The van der Waals surface area contributed by atoms with Gasteiger partial charge in [0.2, 0.25) is 0 Å². The average molecular weight is 138 g/mol. The van der Waals surface area contributed by atoms with E-state index in [1.165, 1.54) is 0 Å². The minimum atomic E-state index is 0. The molecule has 0 aromatic carbocycles. The second kappa shape index (κ2) is 43.2. The van der Waals surface area contributed by atoms with Crippen molar-refractivity contribution in [2.75, 3.05) is 0 Å². The van der Waals surface area contributed by atoms with E-state index in [-0.39, 0.29) is 107 Å². The third-order valence-corrected chi connectivity index (χ3v) is 0. The fourth-order valence-corrected chi connectivity index (χ4v) is 0. The first kappa shape index (κ1) is 63.3. The molecule has 0 saturated carbocycles. The molecule has 0 aliphatic rings. The van der Waals surface area contributed by atoms with Crippen LogP contribution >= 0.6 is 0 Å². The molecule has 0 radical (unpaired) electrons. The van der Waals surface area contributed by atoms with E-state index in [2.05, 4.69) is 0 Å². The fraction of sp³-hybridized carbons (Fsp3) is 0. The van der Waals surface area contributed by atoms with Crippen LogP contribution < -0.4 is 59.1 Å². The molecule has 0 unspecified atom stereocenters. The molecule has 0 fully saturated rings. The summed E-state index contributed by atoms with van der Waals surface area (Å²) in [6.45, 7) is 0. The van der Waals surface area contributed by atoms with Crippen LogP contribution in [0.2, 0.25) is 0 Å². The summed E-state index contributed by atoms with van der Waals surface area (Å²) in [5.74, 6) is 0. The van der Waals surface area contributed by atoms with E-state index in [1.807, 2.05) is 0 Å². The Morgan fingerprint density at radius 1 is 0.667 bits per heavy atom. The summed E-state index contributed by atoms with van der Waals surface area (Å²) in [5.41, 5.74) is 0. The first-order chi connectivity index (χ1) is 0. The fourth-order valence-electron chi connectivity index (χ4n) is 0. The molecule has 0 atom stereocenters. The SMILES string of the molecule is O.O.[Mg+2].[Na+].[Na+].[S-2]. The molecule has 0 aliphatic heterocycles. The van der Waals surface area contributed by atoms with E-state index >= 15 is 0 Å². The van der Waals surface area contributed by atoms with Gasteiger partial charge >= 0.3 is 82.2 Å². The molecule has 0 amide bonds. The Hall–Kier alpha value is 3.04. The molecular formula is H4MgNa2O2S+2. The van der Waals surface area contributed by atoms with Gasteiger partial charge in [-0.05, 0) is 0 Å². The molecule has 6 heteroatoms. The molecule has 6 heavy (non-hydrogen) atoms. The van der Waals surface area contributed by atoms with Crippen molar-refractivity contribution in [1.29, 1.82) is 0 Å². The molecule has 0 bridgehead atoms. The Labute approximate surface area is 105 Å². The van der Waals surface area contributed by atoms with Crippen LogP contribution in [0.4, 0.5) is 0 Å². The van der Waals surface area contributed by atoms with E-state index < -0.39 is 0 Å². The van der Waals surface area contributed by atoms with Crippen molar-refractivity contribution in [2.45, 2.75) is 0 Å². The van der Waals surface area contributed by atoms with Crippen LogP contribution in [0, 0.1) is 0 Å². The second-order valence-corrected chi connectivity index (χ2v) is 0. The number of hydrogen-bond donors (Lipinski definition) is 0. The summed E-state index contributed by atoms with van der Waals surface area (Å²) in [6.07, 6.45) is 0. The standard InChI is InChI=1S/Mg.2Na.2H2O.S/h;;;2*1H2;/q+2;2*+1;;;-2. The molecule has 0 heterocycles. The quantitative estimate of drug-likeness (QED) is 0.299. The summed E-state index contributed by atoms with van der Waals surface area (Å²) in [7, 11) is 0. The monoisotopic (exact) mass is 138 g/mol. The van der Waals surface area contributed by atoms with Crippen molar-refractivity contribution >= 4 is 36.5 Å². The third-order valence-electron chi connectivity index (χ3n) is 0. The van der Waals surface area contributed by atoms with Gasteiger partial charge < -0.3 is 24.4 Å². The van der Waals surface area contributed by atoms with Crippen molar-refractivity contribution in [3.05, 3.63) is 0 Å². The van der Waals surface area contributed by atoms with E-state index in [0.717, 1.165) is 0 Å². The molecule has 0 aliphatic carbocycles. The van der Waals surface area contributed by atoms with Crippen molar-refractivity contribution in [3.8, 4) is 0 Å². The summed E-state index contributed by atoms with van der Waals surface area (Å²) >= 11 is 0. The van der Waals surface area contributed by atoms with Gasteiger partial charge in [0.05, 0.1) is 0 Å². The van der Waals surface area contributed by atoms with E-state index in [4.69, 9.17) is 0 Å². The van der Waals surface area contributed by atoms with Crippen LogP contribution in [-0.2, 0) is 13.5 Å². The van der Waals surface area contributed by atoms with Crippen molar-refractivity contribution < 1.29 is 70.1 Å². The van der Waals surface area contributed by atoms with Crippen LogP contribution in [-0.4, -0.2) is 34.0 Å². The zero-order chi connectivity index (χ0) is 0. The zero-order valence-corrected chi connectivity index (χ0v) is 10.3. The van der Waals surface area contributed by atoms with Gasteiger partial charge in [-0.25, -0.2) is 0 Å². The number of rotatable bonds is 0. The van der Waals surface area contributed by atoms with E-state index in [9.17, 15) is 0 Å². The zero-order valence-electron chi connectivity index (χ0n) is 4.12. The maximum atomic E-state index is 0. The molecule has 0 rings (SSSR count). The van der Waals surface area contributed by atoms with Gasteiger partial charge in [0, 0.05) is 0 Å². The maximum absolute atomic E-state index is 0. The van der Waals surface area contributed by atoms with Gasteiger partial charge in [0.25, 0.3) is 0 Å². The van der Waals surface area contributed by atoms with Crippen LogP contribution in [0.1, 0.15) is 0 Å². The van der Waals surface area contributed by atoms with Gasteiger partial charge in [-0.2, -0.15) is 0 Å². The Kier molecular flexibility index (Phi) is 455. The molecule has 0 spiro atoms. The average Bonchev–Trinajstić information content (AvgIpc) is 0. The topological polar surface area (TPSA) is 63.0 Å². The minimum Gasteiger partial charge on any atom is -2.00 e. The molecule has 0 aromatic rings. The van der Waals surface area contributed by atoms with Gasteiger partial charge in [-0.15, -0.1) is 0 Å². The van der Waals surface area contributed by atoms with Crippen molar-refractivity contribution in [2.24, 2.45) is 0 Å². The van der Waals surface area contributed by atoms with E-state index in [0.29, 0.717) is 0 Å². The smallest absolute Gasteiger partial charge is 2.00 e. The molecular weight excluding hydrogens is 134 g/mol. The molecule has 4 N–H and O–H groups in total. The third kappa shape index (κ3) is 27.8. The first-order valence-corrected chi connectivity index (χ1v) is 0. The predicted octanol–water partition coefficient (Wildman–Crippen LogP) is -8.02. The Balaban J connectivity index is 0. The van der Waals surface area contributed by atoms with Gasteiger partial charge in [0.1, 0.15) is 0 Å². The predicted molar refractivity (Wildman–Crippen MR) is 20.3 cm³/mol. The Bertz CT molecular complexity index is 11.5. The largest absolute Gasteiger partial charge is 2.00 e. The molecule has 24 valence electrons. The molecule has 2 nitrogen and oxygen atoms in total. The minimum absolute atomic E-state index is 0. The summed E-state index contributed by atoms with van der Waals surface area (Å²) in [5, 5.41) is 0. The van der Waals surface area contributed by atoms with Gasteiger partial charge in [-0.1, -0.05) is 0 Å². The van der Waals surface area contributed by atoms with Crippen LogP contribution in [0.15, 0.2) is 0 Å². The van der Waals surface area contributed by atoms with Crippen LogP contribution in [0.25, 0.3) is 0 Å².